The number of benzene rings is 1. The van der Waals surface area contributed by atoms with E-state index in [1.807, 2.05) is 37.3 Å². The van der Waals surface area contributed by atoms with Gasteiger partial charge in [-0.15, -0.1) is 0 Å². The Bertz CT molecular complexity index is 1220. The fraction of sp³-hybridized carbons (Fsp3) is 0.345. The minimum atomic E-state index is -1.11. The zero-order valence-corrected chi connectivity index (χ0v) is 22.4. The lowest BCUT2D eigenvalue weighted by Gasteiger charge is -2.27. The van der Waals surface area contributed by atoms with Crippen LogP contribution in [0, 0.1) is 5.41 Å². The SMILES string of the molecule is CCN1C(=O)C(C)(C)C(=O)N(C)c2cc(OCCCNCc3ccncc3)ccc21.O=Cc1ccncc1. The normalized spacial score (nSPS) is 14.2. The molecule has 0 fully saturated rings. The Morgan fingerprint density at radius 2 is 1.61 bits per heavy atom. The van der Waals surface area contributed by atoms with E-state index >= 15 is 0 Å². The van der Waals surface area contributed by atoms with Crippen LogP contribution < -0.4 is 19.9 Å². The number of fused-ring (bicyclic) bond motifs is 1. The quantitative estimate of drug-likeness (QED) is 0.261. The van der Waals surface area contributed by atoms with Gasteiger partial charge in [0.25, 0.3) is 0 Å². The summed E-state index contributed by atoms with van der Waals surface area (Å²) in [4.78, 5) is 46.8. The summed E-state index contributed by atoms with van der Waals surface area (Å²) in [6, 6.07) is 12.9. The molecule has 4 rings (SSSR count). The number of hydrogen-bond donors (Lipinski definition) is 1. The predicted octanol–water partition coefficient (Wildman–Crippen LogP) is 3.89. The van der Waals surface area contributed by atoms with E-state index in [0.717, 1.165) is 31.5 Å². The van der Waals surface area contributed by atoms with E-state index in [-0.39, 0.29) is 11.8 Å². The Hall–Kier alpha value is -4.11. The molecule has 0 radical (unpaired) electrons. The Morgan fingerprint density at radius 3 is 2.21 bits per heavy atom. The summed E-state index contributed by atoms with van der Waals surface area (Å²) in [5, 5.41) is 3.38. The Morgan fingerprint density at radius 1 is 0.947 bits per heavy atom. The molecular formula is C29H35N5O4. The van der Waals surface area contributed by atoms with Crippen LogP contribution in [0.1, 0.15) is 43.1 Å². The van der Waals surface area contributed by atoms with Crippen LogP contribution in [-0.2, 0) is 16.1 Å². The highest BCUT2D eigenvalue weighted by molar-refractivity contribution is 6.20. The number of aromatic nitrogens is 2. The molecule has 0 saturated carbocycles. The number of rotatable bonds is 9. The molecule has 3 aromatic rings. The van der Waals surface area contributed by atoms with E-state index in [4.69, 9.17) is 4.74 Å². The molecule has 0 aliphatic carbocycles. The average molecular weight is 518 g/mol. The number of carbonyl (C=O) groups excluding carboxylic acids is 3. The molecule has 0 saturated heterocycles. The lowest BCUT2D eigenvalue weighted by atomic mass is 9.90. The molecule has 1 aliphatic heterocycles. The number of nitrogens with zero attached hydrogens (tertiary/aromatic N) is 4. The highest BCUT2D eigenvalue weighted by atomic mass is 16.5. The first-order valence-corrected chi connectivity index (χ1v) is 12.6. The van der Waals surface area contributed by atoms with Crippen LogP contribution >= 0.6 is 0 Å². The first-order valence-electron chi connectivity index (χ1n) is 12.6. The molecular weight excluding hydrogens is 482 g/mol. The lowest BCUT2D eigenvalue weighted by molar-refractivity contribution is -0.137. The van der Waals surface area contributed by atoms with Crippen LogP contribution in [0.2, 0.25) is 0 Å². The second-order valence-corrected chi connectivity index (χ2v) is 9.32. The van der Waals surface area contributed by atoms with Gasteiger partial charge in [0.15, 0.2) is 0 Å². The summed E-state index contributed by atoms with van der Waals surface area (Å²) >= 11 is 0. The average Bonchev–Trinajstić information content (AvgIpc) is 3.00. The molecule has 0 spiro atoms. The molecule has 38 heavy (non-hydrogen) atoms. The van der Waals surface area contributed by atoms with Gasteiger partial charge in [-0.2, -0.15) is 0 Å². The summed E-state index contributed by atoms with van der Waals surface area (Å²) < 4.78 is 5.91. The van der Waals surface area contributed by atoms with Crippen molar-refractivity contribution in [3.05, 3.63) is 78.4 Å². The summed E-state index contributed by atoms with van der Waals surface area (Å²) in [5.41, 5.74) is 2.18. The summed E-state index contributed by atoms with van der Waals surface area (Å²) in [6.45, 7) is 7.96. The highest BCUT2D eigenvalue weighted by Gasteiger charge is 2.45. The van der Waals surface area contributed by atoms with Crippen LogP contribution in [0.3, 0.4) is 0 Å². The van der Waals surface area contributed by atoms with Crippen molar-refractivity contribution in [2.45, 2.75) is 33.7 Å². The largest absolute Gasteiger partial charge is 0.493 e. The van der Waals surface area contributed by atoms with Gasteiger partial charge in [0.05, 0.1) is 18.0 Å². The molecule has 1 aromatic carbocycles. The number of pyridine rings is 2. The molecule has 2 amide bonds. The van der Waals surface area contributed by atoms with Gasteiger partial charge in [0, 0.05) is 56.6 Å². The molecule has 1 aliphatic rings. The molecule has 9 heteroatoms. The maximum atomic E-state index is 12.9. The number of carbonyl (C=O) groups is 3. The van der Waals surface area contributed by atoms with Crippen molar-refractivity contribution in [2.75, 3.05) is 36.5 Å². The van der Waals surface area contributed by atoms with Gasteiger partial charge < -0.3 is 19.9 Å². The van der Waals surface area contributed by atoms with Crippen molar-refractivity contribution in [3.63, 3.8) is 0 Å². The van der Waals surface area contributed by atoms with Crippen molar-refractivity contribution in [1.29, 1.82) is 0 Å². The zero-order chi connectivity index (χ0) is 27.5. The van der Waals surface area contributed by atoms with Crippen molar-refractivity contribution in [3.8, 4) is 5.75 Å². The summed E-state index contributed by atoms with van der Waals surface area (Å²) in [5.74, 6) is 0.280. The van der Waals surface area contributed by atoms with Crippen LogP contribution in [0.4, 0.5) is 11.4 Å². The maximum absolute atomic E-state index is 12.9. The number of hydrogen-bond acceptors (Lipinski definition) is 7. The highest BCUT2D eigenvalue weighted by Crippen LogP contribution is 2.40. The number of nitrogens with one attached hydrogen (secondary N) is 1. The molecule has 0 unspecified atom stereocenters. The third-order valence-corrected chi connectivity index (χ3v) is 6.22. The van der Waals surface area contributed by atoms with Gasteiger partial charge in [-0.05, 0) is 75.7 Å². The number of amides is 2. The van der Waals surface area contributed by atoms with Crippen LogP contribution in [0.25, 0.3) is 0 Å². The first kappa shape index (κ1) is 28.5. The van der Waals surface area contributed by atoms with Gasteiger partial charge >= 0.3 is 0 Å². The van der Waals surface area contributed by atoms with E-state index in [2.05, 4.69) is 15.3 Å². The van der Waals surface area contributed by atoms with E-state index in [1.54, 1.807) is 67.6 Å². The topological polar surface area (TPSA) is 105 Å². The van der Waals surface area contributed by atoms with Gasteiger partial charge in [-0.1, -0.05) is 0 Å². The van der Waals surface area contributed by atoms with Gasteiger partial charge in [0.1, 0.15) is 17.5 Å². The third-order valence-electron chi connectivity index (χ3n) is 6.22. The first-order chi connectivity index (χ1) is 18.3. The van der Waals surface area contributed by atoms with E-state index < -0.39 is 5.41 Å². The van der Waals surface area contributed by atoms with Crippen LogP contribution in [0.5, 0.6) is 5.75 Å². The van der Waals surface area contributed by atoms with Crippen molar-refractivity contribution >= 4 is 29.5 Å². The molecule has 200 valence electrons. The molecule has 9 nitrogen and oxygen atoms in total. The number of aldehydes is 1. The van der Waals surface area contributed by atoms with Crippen LogP contribution in [0.15, 0.2) is 67.3 Å². The summed E-state index contributed by atoms with van der Waals surface area (Å²) in [6.07, 6.45) is 8.39. The second-order valence-electron chi connectivity index (χ2n) is 9.32. The fourth-order valence-electron chi connectivity index (χ4n) is 4.03. The van der Waals surface area contributed by atoms with Gasteiger partial charge in [0.2, 0.25) is 11.8 Å². The minimum absolute atomic E-state index is 0.186. The maximum Gasteiger partial charge on any atom is 0.242 e. The summed E-state index contributed by atoms with van der Waals surface area (Å²) in [7, 11) is 1.71. The van der Waals surface area contributed by atoms with Crippen molar-refractivity contribution < 1.29 is 19.1 Å². The minimum Gasteiger partial charge on any atom is -0.493 e. The van der Waals surface area contributed by atoms with E-state index in [1.165, 1.54) is 5.56 Å². The Balaban J connectivity index is 0.000000427. The molecule has 0 atom stereocenters. The van der Waals surface area contributed by atoms with E-state index in [9.17, 15) is 14.4 Å². The number of anilines is 2. The van der Waals surface area contributed by atoms with Gasteiger partial charge in [-0.3, -0.25) is 24.4 Å². The third kappa shape index (κ3) is 7.01. The molecule has 1 N–H and O–H groups in total. The Labute approximate surface area is 223 Å². The Kier molecular flexibility index (Phi) is 10.1. The lowest BCUT2D eigenvalue weighted by Crippen LogP contribution is -2.47. The van der Waals surface area contributed by atoms with E-state index in [0.29, 0.717) is 30.2 Å². The smallest absolute Gasteiger partial charge is 0.242 e. The predicted molar refractivity (Wildman–Crippen MR) is 147 cm³/mol. The molecule has 2 aromatic heterocycles. The molecule has 0 bridgehead atoms. The van der Waals surface area contributed by atoms with Gasteiger partial charge in [-0.25, -0.2) is 0 Å². The van der Waals surface area contributed by atoms with Crippen molar-refractivity contribution in [2.24, 2.45) is 5.41 Å². The zero-order valence-electron chi connectivity index (χ0n) is 22.4. The second kappa shape index (κ2) is 13.4. The van der Waals surface area contributed by atoms with Crippen LogP contribution in [-0.4, -0.2) is 54.8 Å². The molecule has 3 heterocycles. The van der Waals surface area contributed by atoms with Crippen molar-refractivity contribution in [1.82, 2.24) is 15.3 Å². The number of ether oxygens (including phenoxy) is 1. The monoisotopic (exact) mass is 517 g/mol. The standard InChI is InChI=1S/C23H30N4O3.C6H5NO/c1-5-27-19-8-7-18(15-20(19)26(4)21(28)23(2,3)22(27)29)30-14-6-11-25-16-17-9-12-24-13-10-17;8-5-6-1-3-7-4-2-6/h7-10,12-13,15,25H,5-6,11,14,16H2,1-4H3;1-5H. The fourth-order valence-corrected chi connectivity index (χ4v) is 4.03.